The van der Waals surface area contributed by atoms with Gasteiger partial charge in [-0.05, 0) is 43.5 Å². The third kappa shape index (κ3) is 29.3. The molecule has 6 heteroatoms. The minimum Gasteiger partial charge on any atom is -0.507 e. The number of aliphatic imine (C=N–C) groups is 2. The van der Waals surface area contributed by atoms with Crippen molar-refractivity contribution in [3.05, 3.63) is 47.5 Å². The summed E-state index contributed by atoms with van der Waals surface area (Å²) in [6.07, 6.45) is 47.6. The van der Waals surface area contributed by atoms with Crippen LogP contribution in [0.3, 0.4) is 0 Å². The Labute approximate surface area is 369 Å². The van der Waals surface area contributed by atoms with Crippen molar-refractivity contribution in [2.45, 2.75) is 239 Å². The molecule has 1 unspecified atom stereocenters. The van der Waals surface area contributed by atoms with Gasteiger partial charge >= 0.3 is 0 Å². The highest BCUT2D eigenvalue weighted by molar-refractivity contribution is 5.84. The smallest absolute Gasteiger partial charge is 0.128 e. The van der Waals surface area contributed by atoms with E-state index in [-0.39, 0.29) is 17.5 Å². The van der Waals surface area contributed by atoms with Crippen LogP contribution in [-0.2, 0) is 0 Å². The standard InChI is InChI=1S/C54H92N2O4/c1-4-7-9-11-13-15-17-19-21-23-25-27-29-31-33-35-41-59-51-39-37-48(53(57)43-51)45-55-47-50(6-3)56-46-49-38-40-52(44-54(49)58)60-42-36-34-32-30-28-26-24-22-20-18-16-14-12-10-8-5-2/h37-40,43-46,50,57-58H,4-36,41-42,47H2,1-3H3. The first-order valence-corrected chi connectivity index (χ1v) is 25.5. The number of phenols is 2. The summed E-state index contributed by atoms with van der Waals surface area (Å²) in [5.41, 5.74) is 1.33. The lowest BCUT2D eigenvalue weighted by molar-refractivity contribution is 0.302. The highest BCUT2D eigenvalue weighted by atomic mass is 16.5. The van der Waals surface area contributed by atoms with Gasteiger partial charge in [0.15, 0.2) is 0 Å². The molecule has 0 spiro atoms. The summed E-state index contributed by atoms with van der Waals surface area (Å²) in [7, 11) is 0. The third-order valence-corrected chi connectivity index (χ3v) is 12.0. The molecule has 2 aromatic rings. The minimum absolute atomic E-state index is 0.0315. The summed E-state index contributed by atoms with van der Waals surface area (Å²) < 4.78 is 11.9. The highest BCUT2D eigenvalue weighted by Gasteiger charge is 2.07. The summed E-state index contributed by atoms with van der Waals surface area (Å²) in [4.78, 5) is 9.27. The van der Waals surface area contributed by atoms with Crippen LogP contribution in [0, 0.1) is 0 Å². The molecule has 2 rings (SSSR count). The van der Waals surface area contributed by atoms with Crippen molar-refractivity contribution in [1.82, 2.24) is 0 Å². The number of hydrogen-bond acceptors (Lipinski definition) is 6. The van der Waals surface area contributed by atoms with Gasteiger partial charge in [0.1, 0.15) is 23.0 Å². The number of unbranched alkanes of at least 4 members (excludes halogenated alkanes) is 30. The van der Waals surface area contributed by atoms with E-state index >= 15 is 0 Å². The number of rotatable bonds is 42. The number of benzene rings is 2. The van der Waals surface area contributed by atoms with Crippen LogP contribution in [-0.4, -0.2) is 48.4 Å². The van der Waals surface area contributed by atoms with Crippen molar-refractivity contribution in [3.8, 4) is 23.0 Å². The summed E-state index contributed by atoms with van der Waals surface area (Å²) in [6.45, 7) is 8.49. The van der Waals surface area contributed by atoms with Crippen LogP contribution in [0.15, 0.2) is 46.4 Å². The molecule has 0 saturated heterocycles. The molecular formula is C54H92N2O4. The first-order chi connectivity index (χ1) is 29.6. The maximum atomic E-state index is 10.6. The second kappa shape index (κ2) is 38.9. The lowest BCUT2D eigenvalue weighted by Crippen LogP contribution is -2.08. The molecule has 0 amide bonds. The molecule has 60 heavy (non-hydrogen) atoms. The van der Waals surface area contributed by atoms with Gasteiger partial charge in [0, 0.05) is 35.7 Å². The van der Waals surface area contributed by atoms with Crippen molar-refractivity contribution in [1.29, 1.82) is 0 Å². The normalized spacial score (nSPS) is 12.2. The topological polar surface area (TPSA) is 83.6 Å². The quantitative estimate of drug-likeness (QED) is 0.0515. The van der Waals surface area contributed by atoms with Crippen molar-refractivity contribution < 1.29 is 19.7 Å². The highest BCUT2D eigenvalue weighted by Crippen LogP contribution is 2.25. The molecule has 0 bridgehead atoms. The molecule has 6 nitrogen and oxygen atoms in total. The fourth-order valence-corrected chi connectivity index (χ4v) is 7.87. The summed E-state index contributed by atoms with van der Waals surface area (Å²) >= 11 is 0. The summed E-state index contributed by atoms with van der Waals surface area (Å²) in [6, 6.07) is 10.9. The fraction of sp³-hybridized carbons (Fsp3) is 0.741. The zero-order chi connectivity index (χ0) is 43.0. The van der Waals surface area contributed by atoms with Crippen molar-refractivity contribution in [2.24, 2.45) is 9.98 Å². The van der Waals surface area contributed by atoms with E-state index in [0.29, 0.717) is 42.4 Å². The largest absolute Gasteiger partial charge is 0.507 e. The lowest BCUT2D eigenvalue weighted by atomic mass is 10.0. The van der Waals surface area contributed by atoms with Gasteiger partial charge in [0.05, 0.1) is 25.8 Å². The van der Waals surface area contributed by atoms with Gasteiger partial charge in [0.25, 0.3) is 0 Å². The van der Waals surface area contributed by atoms with Crippen LogP contribution >= 0.6 is 0 Å². The molecule has 0 fully saturated rings. The maximum absolute atomic E-state index is 10.6. The van der Waals surface area contributed by atoms with E-state index in [9.17, 15) is 10.2 Å². The summed E-state index contributed by atoms with van der Waals surface area (Å²) in [5, 5.41) is 21.2. The Hall–Kier alpha value is -3.02. The van der Waals surface area contributed by atoms with Crippen molar-refractivity contribution in [2.75, 3.05) is 19.8 Å². The Morgan fingerprint density at radius 2 is 0.750 bits per heavy atom. The number of ether oxygens (including phenoxy) is 2. The SMILES string of the molecule is CCCCCCCCCCCCCCCCCCOc1ccc(C=NCC(CC)N=Cc2ccc(OCCCCCCCCCCCCCCCCCC)cc2O)c(O)c1. The molecule has 2 aromatic carbocycles. The predicted octanol–water partition coefficient (Wildman–Crippen LogP) is 16.7. The summed E-state index contributed by atoms with van der Waals surface area (Å²) in [5.74, 6) is 1.72. The van der Waals surface area contributed by atoms with Crippen LogP contribution < -0.4 is 9.47 Å². The van der Waals surface area contributed by atoms with E-state index in [2.05, 4.69) is 25.8 Å². The zero-order valence-electron chi connectivity index (χ0n) is 39.3. The molecule has 1 atom stereocenters. The molecule has 342 valence electrons. The molecule has 2 N–H and O–H groups in total. The lowest BCUT2D eigenvalue weighted by Gasteiger charge is -2.09. The number of aromatic hydroxyl groups is 2. The molecule has 0 saturated carbocycles. The van der Waals surface area contributed by atoms with Gasteiger partial charge in [-0.15, -0.1) is 0 Å². The minimum atomic E-state index is -0.0315. The molecule has 0 aliphatic carbocycles. The van der Waals surface area contributed by atoms with Gasteiger partial charge < -0.3 is 19.7 Å². The molecule has 0 aromatic heterocycles. The van der Waals surface area contributed by atoms with E-state index in [1.54, 1.807) is 24.6 Å². The molecule has 0 heterocycles. The van der Waals surface area contributed by atoms with Crippen LogP contribution in [0.4, 0.5) is 0 Å². The molecule has 0 aliphatic rings. The molecule has 0 aliphatic heterocycles. The average molecular weight is 833 g/mol. The van der Waals surface area contributed by atoms with E-state index in [4.69, 9.17) is 14.5 Å². The molecular weight excluding hydrogens is 741 g/mol. The Kier molecular flexibility index (Phi) is 34.4. The fourth-order valence-electron chi connectivity index (χ4n) is 7.87. The van der Waals surface area contributed by atoms with Crippen molar-refractivity contribution in [3.63, 3.8) is 0 Å². The average Bonchev–Trinajstić information content (AvgIpc) is 3.25. The Balaban J connectivity index is 1.51. The van der Waals surface area contributed by atoms with Crippen LogP contribution in [0.25, 0.3) is 0 Å². The first kappa shape index (κ1) is 53.1. The van der Waals surface area contributed by atoms with E-state index < -0.39 is 0 Å². The van der Waals surface area contributed by atoms with Crippen molar-refractivity contribution >= 4 is 12.4 Å². The van der Waals surface area contributed by atoms with Gasteiger partial charge in [-0.2, -0.15) is 0 Å². The van der Waals surface area contributed by atoms with Crippen LogP contribution in [0.5, 0.6) is 23.0 Å². The van der Waals surface area contributed by atoms with Gasteiger partial charge in [-0.3, -0.25) is 9.98 Å². The second-order valence-electron chi connectivity index (χ2n) is 17.6. The van der Waals surface area contributed by atoms with Crippen LogP contribution in [0.2, 0.25) is 0 Å². The van der Waals surface area contributed by atoms with Crippen LogP contribution in [0.1, 0.15) is 244 Å². The number of nitrogens with zero attached hydrogens (tertiary/aromatic N) is 2. The number of hydrogen-bond donors (Lipinski definition) is 2. The Morgan fingerprint density at radius 3 is 1.07 bits per heavy atom. The second-order valence-corrected chi connectivity index (χ2v) is 17.6. The maximum Gasteiger partial charge on any atom is 0.128 e. The van der Waals surface area contributed by atoms with Gasteiger partial charge in [-0.25, -0.2) is 0 Å². The van der Waals surface area contributed by atoms with Gasteiger partial charge in [0.2, 0.25) is 0 Å². The Bertz CT molecular complexity index is 1330. The first-order valence-electron chi connectivity index (χ1n) is 25.5. The Morgan fingerprint density at radius 1 is 0.433 bits per heavy atom. The predicted molar refractivity (Wildman–Crippen MR) is 260 cm³/mol. The third-order valence-electron chi connectivity index (χ3n) is 12.0. The van der Waals surface area contributed by atoms with E-state index in [0.717, 1.165) is 19.3 Å². The zero-order valence-corrected chi connectivity index (χ0v) is 39.3. The molecule has 0 radical (unpaired) electrons. The number of phenolic OH excluding ortho intramolecular Hbond substituents is 2. The van der Waals surface area contributed by atoms with E-state index in [1.807, 2.05) is 24.3 Å². The monoisotopic (exact) mass is 833 g/mol. The van der Waals surface area contributed by atoms with Gasteiger partial charge in [-0.1, -0.05) is 213 Å². The van der Waals surface area contributed by atoms with E-state index in [1.165, 1.54) is 193 Å².